The fourth-order valence-corrected chi connectivity index (χ4v) is 4.05. The number of halogens is 2. The number of carbonyl (C=O) groups excluding carboxylic acids is 2. The Kier molecular flexibility index (Phi) is 6.55. The molecule has 29 heavy (non-hydrogen) atoms. The third kappa shape index (κ3) is 5.81. The van der Waals surface area contributed by atoms with E-state index in [4.69, 9.17) is 0 Å². The van der Waals surface area contributed by atoms with E-state index in [1.807, 2.05) is 19.9 Å². The van der Waals surface area contributed by atoms with Crippen molar-refractivity contribution in [2.45, 2.75) is 18.2 Å². The van der Waals surface area contributed by atoms with E-state index in [9.17, 15) is 18.4 Å². The Labute approximate surface area is 173 Å². The summed E-state index contributed by atoms with van der Waals surface area (Å²) in [5, 5.41) is 13.2. The number of nitrogens with zero attached hydrogens (tertiary/aromatic N) is 2. The van der Waals surface area contributed by atoms with Crippen LogP contribution in [0.15, 0.2) is 40.7 Å². The quantitative estimate of drug-likeness (QED) is 0.443. The molecule has 2 amide bonds. The van der Waals surface area contributed by atoms with Gasteiger partial charge < -0.3 is 5.32 Å². The highest BCUT2D eigenvalue weighted by Crippen LogP contribution is 2.26. The zero-order chi connectivity index (χ0) is 21.0. The molecule has 0 saturated heterocycles. The molecule has 10 heteroatoms. The number of anilines is 2. The van der Waals surface area contributed by atoms with Crippen molar-refractivity contribution >= 4 is 45.7 Å². The number of hydrogen-bond acceptors (Lipinski definition) is 6. The normalized spacial score (nSPS) is 10.6. The summed E-state index contributed by atoms with van der Waals surface area (Å²) in [5.74, 6) is -2.39. The minimum absolute atomic E-state index is 0.0452. The fourth-order valence-electron chi connectivity index (χ4n) is 2.50. The number of benzene rings is 2. The molecule has 0 aliphatic carbocycles. The number of aromatic nitrogens is 2. The molecule has 3 aromatic rings. The second-order valence-electron chi connectivity index (χ2n) is 6.16. The molecule has 0 atom stereocenters. The van der Waals surface area contributed by atoms with Crippen LogP contribution in [0.1, 0.15) is 21.5 Å². The number of rotatable bonds is 6. The summed E-state index contributed by atoms with van der Waals surface area (Å²) in [4.78, 5) is 24.3. The number of hydrogen-bond donors (Lipinski definition) is 2. The summed E-state index contributed by atoms with van der Waals surface area (Å²) in [6, 6.07) is 8.42. The summed E-state index contributed by atoms with van der Waals surface area (Å²) in [7, 11) is 0. The highest BCUT2D eigenvalue weighted by atomic mass is 32.2. The van der Waals surface area contributed by atoms with Gasteiger partial charge in [-0.1, -0.05) is 40.3 Å². The SMILES string of the molecule is Cc1cc(C)cc(C(=O)Nc2nnc(SCC(=O)Nc3ccc(F)cc3F)s2)c1. The van der Waals surface area contributed by atoms with Crippen LogP contribution in [0, 0.1) is 25.5 Å². The van der Waals surface area contributed by atoms with Crippen molar-refractivity contribution in [3.05, 3.63) is 64.7 Å². The summed E-state index contributed by atoms with van der Waals surface area (Å²) in [6.07, 6.45) is 0. The lowest BCUT2D eigenvalue weighted by molar-refractivity contribution is -0.113. The maximum absolute atomic E-state index is 13.6. The van der Waals surface area contributed by atoms with E-state index < -0.39 is 17.5 Å². The summed E-state index contributed by atoms with van der Waals surface area (Å²) in [5.41, 5.74) is 2.38. The first kappa shape index (κ1) is 20.9. The summed E-state index contributed by atoms with van der Waals surface area (Å²) >= 11 is 2.21. The third-order valence-electron chi connectivity index (χ3n) is 3.64. The van der Waals surface area contributed by atoms with Gasteiger partial charge in [0, 0.05) is 11.6 Å². The maximum atomic E-state index is 13.6. The van der Waals surface area contributed by atoms with Crippen molar-refractivity contribution in [2.24, 2.45) is 0 Å². The van der Waals surface area contributed by atoms with E-state index in [0.29, 0.717) is 21.1 Å². The molecular formula is C19H16F2N4O2S2. The first-order chi connectivity index (χ1) is 13.8. The van der Waals surface area contributed by atoms with Crippen molar-refractivity contribution in [3.63, 3.8) is 0 Å². The van der Waals surface area contributed by atoms with Crippen LogP contribution in [0.25, 0.3) is 0 Å². The van der Waals surface area contributed by atoms with Gasteiger partial charge >= 0.3 is 0 Å². The van der Waals surface area contributed by atoms with E-state index in [-0.39, 0.29) is 17.3 Å². The van der Waals surface area contributed by atoms with E-state index >= 15 is 0 Å². The van der Waals surface area contributed by atoms with Crippen LogP contribution in [0.2, 0.25) is 0 Å². The molecule has 0 bridgehead atoms. The van der Waals surface area contributed by atoms with Crippen LogP contribution in [-0.2, 0) is 4.79 Å². The van der Waals surface area contributed by atoms with Gasteiger partial charge in [-0.2, -0.15) is 0 Å². The lowest BCUT2D eigenvalue weighted by atomic mass is 10.1. The standard InChI is InChI=1S/C19H16F2N4O2S2/c1-10-5-11(2)7-12(6-10)17(27)23-18-24-25-19(29-18)28-9-16(26)22-15-4-3-13(20)8-14(15)21/h3-8H,9H2,1-2H3,(H,22,26)(H,23,24,27). The van der Waals surface area contributed by atoms with Gasteiger partial charge in [0.2, 0.25) is 11.0 Å². The first-order valence-corrected chi connectivity index (χ1v) is 10.2. The monoisotopic (exact) mass is 434 g/mol. The Balaban J connectivity index is 1.54. The second kappa shape index (κ2) is 9.10. The van der Waals surface area contributed by atoms with Crippen LogP contribution < -0.4 is 10.6 Å². The predicted octanol–water partition coefficient (Wildman–Crippen LogP) is 4.42. The Bertz CT molecular complexity index is 1050. The topological polar surface area (TPSA) is 84.0 Å². The van der Waals surface area contributed by atoms with Crippen LogP contribution >= 0.6 is 23.1 Å². The van der Waals surface area contributed by atoms with Gasteiger partial charge in [0.15, 0.2) is 4.34 Å². The van der Waals surface area contributed by atoms with E-state index in [0.717, 1.165) is 46.4 Å². The number of aryl methyl sites for hydroxylation is 2. The third-order valence-corrected chi connectivity index (χ3v) is 5.61. The smallest absolute Gasteiger partial charge is 0.257 e. The minimum atomic E-state index is -0.851. The van der Waals surface area contributed by atoms with Crippen LogP contribution in [0.3, 0.4) is 0 Å². The largest absolute Gasteiger partial charge is 0.323 e. The number of thioether (sulfide) groups is 1. The molecule has 1 aromatic heterocycles. The number of nitrogens with one attached hydrogen (secondary N) is 2. The minimum Gasteiger partial charge on any atom is -0.323 e. The van der Waals surface area contributed by atoms with Gasteiger partial charge in [0.25, 0.3) is 5.91 Å². The van der Waals surface area contributed by atoms with Crippen molar-refractivity contribution in [3.8, 4) is 0 Å². The molecule has 2 aromatic carbocycles. The molecule has 0 spiro atoms. The van der Waals surface area contributed by atoms with Crippen LogP contribution in [0.5, 0.6) is 0 Å². The van der Waals surface area contributed by atoms with Gasteiger partial charge in [-0.3, -0.25) is 14.9 Å². The van der Waals surface area contributed by atoms with Gasteiger partial charge in [-0.15, -0.1) is 10.2 Å². The van der Waals surface area contributed by atoms with Gasteiger partial charge in [0.1, 0.15) is 11.6 Å². The molecule has 6 nitrogen and oxygen atoms in total. The molecule has 0 unspecified atom stereocenters. The molecule has 1 heterocycles. The zero-order valence-corrected chi connectivity index (χ0v) is 17.1. The van der Waals surface area contributed by atoms with Crippen molar-refractivity contribution in [2.75, 3.05) is 16.4 Å². The lowest BCUT2D eigenvalue weighted by Gasteiger charge is -2.05. The van der Waals surface area contributed by atoms with E-state index in [2.05, 4.69) is 20.8 Å². The molecule has 0 aliphatic rings. The Morgan fingerprint density at radius 3 is 2.45 bits per heavy atom. The average molecular weight is 434 g/mol. The van der Waals surface area contributed by atoms with Crippen molar-refractivity contribution in [1.29, 1.82) is 0 Å². The first-order valence-electron chi connectivity index (χ1n) is 8.41. The lowest BCUT2D eigenvalue weighted by Crippen LogP contribution is -2.15. The predicted molar refractivity (Wildman–Crippen MR) is 109 cm³/mol. The fraction of sp³-hybridized carbons (Fsp3) is 0.158. The molecule has 2 N–H and O–H groups in total. The molecule has 150 valence electrons. The van der Waals surface area contributed by atoms with E-state index in [1.165, 1.54) is 0 Å². The van der Waals surface area contributed by atoms with Crippen LogP contribution in [0.4, 0.5) is 19.6 Å². The van der Waals surface area contributed by atoms with E-state index in [1.54, 1.807) is 12.1 Å². The molecule has 0 aliphatic heterocycles. The summed E-state index contributed by atoms with van der Waals surface area (Å²) < 4.78 is 26.9. The van der Waals surface area contributed by atoms with Crippen molar-refractivity contribution in [1.82, 2.24) is 10.2 Å². The second-order valence-corrected chi connectivity index (χ2v) is 8.36. The molecule has 0 saturated carbocycles. The summed E-state index contributed by atoms with van der Waals surface area (Å²) in [6.45, 7) is 3.82. The molecule has 0 fully saturated rings. The Morgan fingerprint density at radius 1 is 1.03 bits per heavy atom. The van der Waals surface area contributed by atoms with Crippen LogP contribution in [-0.4, -0.2) is 27.8 Å². The zero-order valence-electron chi connectivity index (χ0n) is 15.5. The maximum Gasteiger partial charge on any atom is 0.257 e. The van der Waals surface area contributed by atoms with Gasteiger partial charge in [0.05, 0.1) is 11.4 Å². The average Bonchev–Trinajstić information content (AvgIpc) is 3.09. The van der Waals surface area contributed by atoms with Crippen molar-refractivity contribution < 1.29 is 18.4 Å². The molecule has 0 radical (unpaired) electrons. The highest BCUT2D eigenvalue weighted by molar-refractivity contribution is 8.01. The molecule has 3 rings (SSSR count). The molecular weight excluding hydrogens is 418 g/mol. The Morgan fingerprint density at radius 2 is 1.76 bits per heavy atom. The number of amides is 2. The highest BCUT2D eigenvalue weighted by Gasteiger charge is 2.13. The number of carbonyl (C=O) groups is 2. The van der Waals surface area contributed by atoms with Gasteiger partial charge in [-0.25, -0.2) is 8.78 Å². The Hall–Kier alpha value is -2.85. The van der Waals surface area contributed by atoms with Gasteiger partial charge in [-0.05, 0) is 38.1 Å².